The minimum Gasteiger partial charge on any atom is -0.494 e. The van der Waals surface area contributed by atoms with Crippen molar-refractivity contribution < 1.29 is 9.53 Å². The highest BCUT2D eigenvalue weighted by atomic mass is 32.2. The summed E-state index contributed by atoms with van der Waals surface area (Å²) in [6, 6.07) is 7.46. The fraction of sp³-hybridized carbons (Fsp3) is 0.588. The van der Waals surface area contributed by atoms with Crippen LogP contribution in [0, 0.1) is 5.92 Å². The molecule has 2 N–H and O–H groups in total. The number of rotatable bonds is 7. The van der Waals surface area contributed by atoms with E-state index in [0.717, 1.165) is 43.0 Å². The Morgan fingerprint density at radius 3 is 2.86 bits per heavy atom. The molecule has 5 heteroatoms. The second kappa shape index (κ2) is 9.06. The molecule has 0 radical (unpaired) electrons. The lowest BCUT2D eigenvalue weighted by Gasteiger charge is -2.32. The highest BCUT2D eigenvalue weighted by Gasteiger charge is 2.24. The average Bonchev–Trinajstić information content (AvgIpc) is 2.56. The third-order valence-corrected chi connectivity index (χ3v) is 4.73. The van der Waals surface area contributed by atoms with Gasteiger partial charge in [0.25, 0.3) is 5.91 Å². The molecule has 22 heavy (non-hydrogen) atoms. The van der Waals surface area contributed by atoms with Gasteiger partial charge in [-0.2, -0.15) is 11.8 Å². The van der Waals surface area contributed by atoms with Crippen LogP contribution in [0.15, 0.2) is 24.3 Å². The van der Waals surface area contributed by atoms with Crippen LogP contribution in [0.1, 0.15) is 29.6 Å². The first-order valence-electron chi connectivity index (χ1n) is 7.95. The lowest BCUT2D eigenvalue weighted by molar-refractivity contribution is 0.0685. The maximum absolute atomic E-state index is 12.6. The third-order valence-electron chi connectivity index (χ3n) is 3.93. The van der Waals surface area contributed by atoms with Gasteiger partial charge in [-0.15, -0.1) is 0 Å². The Morgan fingerprint density at radius 2 is 2.18 bits per heavy atom. The van der Waals surface area contributed by atoms with Gasteiger partial charge in [0.15, 0.2) is 0 Å². The Hall–Kier alpha value is -1.20. The predicted octanol–water partition coefficient (Wildman–Crippen LogP) is 2.63. The zero-order valence-electron chi connectivity index (χ0n) is 13.3. The largest absolute Gasteiger partial charge is 0.494 e. The van der Waals surface area contributed by atoms with Crippen LogP contribution in [0.4, 0.5) is 0 Å². The van der Waals surface area contributed by atoms with Gasteiger partial charge in [-0.3, -0.25) is 4.79 Å². The molecule has 4 nitrogen and oxygen atoms in total. The summed E-state index contributed by atoms with van der Waals surface area (Å²) in [4.78, 5) is 14.6. The highest BCUT2D eigenvalue weighted by Crippen LogP contribution is 2.22. The number of thioether (sulfide) groups is 1. The van der Waals surface area contributed by atoms with E-state index in [0.29, 0.717) is 19.1 Å². The van der Waals surface area contributed by atoms with E-state index in [4.69, 9.17) is 10.5 Å². The molecular formula is C17H26N2O2S. The molecule has 122 valence electrons. The Bertz CT molecular complexity index is 462. The predicted molar refractivity (Wildman–Crippen MR) is 92.6 cm³/mol. The molecule has 1 heterocycles. The van der Waals surface area contributed by atoms with Gasteiger partial charge in [0.1, 0.15) is 5.75 Å². The summed E-state index contributed by atoms with van der Waals surface area (Å²) in [7, 11) is 0. The fourth-order valence-electron chi connectivity index (χ4n) is 2.77. The summed E-state index contributed by atoms with van der Waals surface area (Å²) in [5.41, 5.74) is 6.19. The second-order valence-electron chi connectivity index (χ2n) is 5.73. The SMILES string of the molecule is CSCC1CCCN(C(=O)c2ccc(OCCCN)cc2)C1. The van der Waals surface area contributed by atoms with Crippen molar-refractivity contribution in [3.63, 3.8) is 0 Å². The molecule has 1 aromatic carbocycles. The first-order chi connectivity index (χ1) is 10.7. The van der Waals surface area contributed by atoms with Crippen LogP contribution >= 0.6 is 11.8 Å². The third kappa shape index (κ3) is 4.92. The first-order valence-corrected chi connectivity index (χ1v) is 9.35. The number of hydrogen-bond donors (Lipinski definition) is 1. The van der Waals surface area contributed by atoms with E-state index in [9.17, 15) is 4.79 Å². The van der Waals surface area contributed by atoms with Gasteiger partial charge in [-0.1, -0.05) is 0 Å². The number of carbonyl (C=O) groups is 1. The van der Waals surface area contributed by atoms with Crippen molar-refractivity contribution in [3.05, 3.63) is 29.8 Å². The molecule has 0 aromatic heterocycles. The van der Waals surface area contributed by atoms with Gasteiger partial charge < -0.3 is 15.4 Å². The van der Waals surface area contributed by atoms with E-state index >= 15 is 0 Å². The molecule has 1 saturated heterocycles. The summed E-state index contributed by atoms with van der Waals surface area (Å²) in [5, 5.41) is 0. The van der Waals surface area contributed by atoms with Crippen molar-refractivity contribution in [3.8, 4) is 5.75 Å². The molecule has 0 aliphatic carbocycles. The Kier molecular flexibility index (Phi) is 7.06. The first kappa shape index (κ1) is 17.2. The number of nitrogens with zero attached hydrogens (tertiary/aromatic N) is 1. The average molecular weight is 322 g/mol. The summed E-state index contributed by atoms with van der Waals surface area (Å²) in [6.07, 6.45) is 5.31. The Labute approximate surface area is 137 Å². The molecule has 0 saturated carbocycles. The number of piperidine rings is 1. The molecule has 1 fully saturated rings. The number of benzene rings is 1. The molecule has 1 unspecified atom stereocenters. The minimum atomic E-state index is 0.138. The molecule has 0 spiro atoms. The van der Waals surface area contributed by atoms with Gasteiger partial charge in [0.2, 0.25) is 0 Å². The standard InChI is InChI=1S/C17H26N2O2S/c1-22-13-14-4-2-10-19(12-14)17(20)15-5-7-16(8-6-15)21-11-3-9-18/h5-8,14H,2-4,9-13,18H2,1H3. The number of carbonyl (C=O) groups excluding carboxylic acids is 1. The van der Waals surface area contributed by atoms with Crippen LogP contribution < -0.4 is 10.5 Å². The van der Waals surface area contributed by atoms with Crippen LogP contribution in [-0.2, 0) is 0 Å². The van der Waals surface area contributed by atoms with Gasteiger partial charge >= 0.3 is 0 Å². The van der Waals surface area contributed by atoms with Gasteiger partial charge in [0.05, 0.1) is 6.61 Å². The topological polar surface area (TPSA) is 55.6 Å². The monoisotopic (exact) mass is 322 g/mol. The zero-order valence-corrected chi connectivity index (χ0v) is 14.1. The Morgan fingerprint density at radius 1 is 1.41 bits per heavy atom. The molecule has 1 aromatic rings. The number of hydrogen-bond acceptors (Lipinski definition) is 4. The lowest BCUT2D eigenvalue weighted by atomic mass is 9.99. The van der Waals surface area contributed by atoms with Crippen LogP contribution in [0.2, 0.25) is 0 Å². The van der Waals surface area contributed by atoms with Crippen molar-refractivity contribution in [1.29, 1.82) is 0 Å². The molecule has 1 atom stereocenters. The van der Waals surface area contributed by atoms with E-state index in [1.165, 1.54) is 6.42 Å². The number of amides is 1. The number of ether oxygens (including phenoxy) is 1. The summed E-state index contributed by atoms with van der Waals surface area (Å²) < 4.78 is 5.57. The van der Waals surface area contributed by atoms with Crippen molar-refractivity contribution in [1.82, 2.24) is 4.90 Å². The number of likely N-dealkylation sites (tertiary alicyclic amines) is 1. The van der Waals surface area contributed by atoms with Crippen molar-refractivity contribution in [2.75, 3.05) is 38.2 Å². The molecule has 2 rings (SSSR count). The minimum absolute atomic E-state index is 0.138. The van der Waals surface area contributed by atoms with Gasteiger partial charge in [-0.05, 0) is 68.0 Å². The maximum Gasteiger partial charge on any atom is 0.253 e. The Balaban J connectivity index is 1.91. The lowest BCUT2D eigenvalue weighted by Crippen LogP contribution is -2.40. The van der Waals surface area contributed by atoms with Crippen LogP contribution in [0.25, 0.3) is 0 Å². The molecule has 1 amide bonds. The number of nitrogens with two attached hydrogens (primary N) is 1. The van der Waals surface area contributed by atoms with E-state index in [1.807, 2.05) is 40.9 Å². The van der Waals surface area contributed by atoms with Gasteiger partial charge in [0, 0.05) is 18.7 Å². The quantitative estimate of drug-likeness (QED) is 0.784. The van der Waals surface area contributed by atoms with Crippen LogP contribution in [0.3, 0.4) is 0 Å². The normalized spacial score (nSPS) is 18.3. The summed E-state index contributed by atoms with van der Waals surface area (Å²) in [6.45, 7) is 3.00. The second-order valence-corrected chi connectivity index (χ2v) is 6.64. The molecule has 1 aliphatic rings. The molecule has 1 aliphatic heterocycles. The van der Waals surface area contributed by atoms with Gasteiger partial charge in [-0.25, -0.2) is 0 Å². The van der Waals surface area contributed by atoms with Crippen LogP contribution in [0.5, 0.6) is 5.75 Å². The van der Waals surface area contributed by atoms with E-state index in [2.05, 4.69) is 6.26 Å². The molecule has 0 bridgehead atoms. The molecular weight excluding hydrogens is 296 g/mol. The van der Waals surface area contributed by atoms with Crippen molar-refractivity contribution in [2.45, 2.75) is 19.3 Å². The summed E-state index contributed by atoms with van der Waals surface area (Å²) in [5.74, 6) is 2.70. The van der Waals surface area contributed by atoms with E-state index < -0.39 is 0 Å². The van der Waals surface area contributed by atoms with E-state index in [1.54, 1.807) is 0 Å². The smallest absolute Gasteiger partial charge is 0.253 e. The highest BCUT2D eigenvalue weighted by molar-refractivity contribution is 7.98. The summed E-state index contributed by atoms with van der Waals surface area (Å²) >= 11 is 1.87. The zero-order chi connectivity index (χ0) is 15.8. The fourth-order valence-corrected chi connectivity index (χ4v) is 3.51. The van der Waals surface area contributed by atoms with Crippen LogP contribution in [-0.4, -0.2) is 49.1 Å². The van der Waals surface area contributed by atoms with E-state index in [-0.39, 0.29) is 5.91 Å². The van der Waals surface area contributed by atoms with Crippen molar-refractivity contribution in [2.24, 2.45) is 11.7 Å². The van der Waals surface area contributed by atoms with Crippen molar-refractivity contribution >= 4 is 17.7 Å². The maximum atomic E-state index is 12.6.